The van der Waals surface area contributed by atoms with Gasteiger partial charge in [-0.25, -0.2) is 4.98 Å². The van der Waals surface area contributed by atoms with Crippen molar-refractivity contribution >= 4 is 11.7 Å². The SMILES string of the molecule is CCOc1cc(CNC(=O)CCC(=O)c2ccc(CC(C)C)cc2)ccn1. The fraction of sp³-hybridized carbons (Fsp3) is 0.409. The molecule has 5 heteroatoms. The van der Waals surface area contributed by atoms with Crippen molar-refractivity contribution in [2.45, 2.75) is 46.6 Å². The van der Waals surface area contributed by atoms with E-state index >= 15 is 0 Å². The Labute approximate surface area is 161 Å². The van der Waals surface area contributed by atoms with Crippen LogP contribution < -0.4 is 10.1 Å². The number of hydrogen-bond acceptors (Lipinski definition) is 4. The number of pyridine rings is 1. The number of aromatic nitrogens is 1. The van der Waals surface area contributed by atoms with Crippen molar-refractivity contribution in [3.05, 3.63) is 59.3 Å². The van der Waals surface area contributed by atoms with Crippen LogP contribution in [0.2, 0.25) is 0 Å². The minimum atomic E-state index is -0.144. The molecule has 0 unspecified atom stereocenters. The van der Waals surface area contributed by atoms with E-state index in [2.05, 4.69) is 24.1 Å². The summed E-state index contributed by atoms with van der Waals surface area (Å²) in [4.78, 5) is 28.4. The van der Waals surface area contributed by atoms with Crippen LogP contribution in [-0.4, -0.2) is 23.3 Å². The second-order valence-electron chi connectivity index (χ2n) is 6.93. The lowest BCUT2D eigenvalue weighted by atomic mass is 9.99. The molecule has 1 aromatic heterocycles. The minimum Gasteiger partial charge on any atom is -0.478 e. The van der Waals surface area contributed by atoms with Crippen LogP contribution in [-0.2, 0) is 17.8 Å². The van der Waals surface area contributed by atoms with Crippen molar-refractivity contribution in [1.82, 2.24) is 10.3 Å². The molecule has 1 N–H and O–H groups in total. The fourth-order valence-electron chi connectivity index (χ4n) is 2.75. The lowest BCUT2D eigenvalue weighted by Gasteiger charge is -2.08. The number of carbonyl (C=O) groups excluding carboxylic acids is 2. The number of Topliss-reactive ketones (excluding diaryl/α,β-unsaturated/α-hetero) is 1. The van der Waals surface area contributed by atoms with Gasteiger partial charge in [0.05, 0.1) is 6.61 Å². The second kappa shape index (κ2) is 10.5. The average Bonchev–Trinajstić information content (AvgIpc) is 2.65. The molecule has 2 rings (SSSR count). The van der Waals surface area contributed by atoms with Gasteiger partial charge in [-0.3, -0.25) is 9.59 Å². The summed E-state index contributed by atoms with van der Waals surface area (Å²) in [5, 5.41) is 2.83. The van der Waals surface area contributed by atoms with Gasteiger partial charge in [-0.15, -0.1) is 0 Å². The van der Waals surface area contributed by atoms with Crippen molar-refractivity contribution in [2.75, 3.05) is 6.61 Å². The lowest BCUT2D eigenvalue weighted by molar-refractivity contribution is -0.121. The van der Waals surface area contributed by atoms with Crippen LogP contribution in [0.3, 0.4) is 0 Å². The van der Waals surface area contributed by atoms with Gasteiger partial charge in [0.15, 0.2) is 5.78 Å². The van der Waals surface area contributed by atoms with Crippen LogP contribution in [0.5, 0.6) is 5.88 Å². The first kappa shape index (κ1) is 20.6. The molecule has 0 radical (unpaired) electrons. The van der Waals surface area contributed by atoms with Gasteiger partial charge in [0, 0.05) is 37.2 Å². The van der Waals surface area contributed by atoms with E-state index in [0.29, 0.717) is 30.5 Å². The van der Waals surface area contributed by atoms with Crippen LogP contribution in [0, 0.1) is 5.92 Å². The van der Waals surface area contributed by atoms with Crippen molar-refractivity contribution in [1.29, 1.82) is 0 Å². The van der Waals surface area contributed by atoms with Gasteiger partial charge in [0.1, 0.15) is 0 Å². The molecule has 27 heavy (non-hydrogen) atoms. The van der Waals surface area contributed by atoms with Crippen LogP contribution in [0.25, 0.3) is 0 Å². The summed E-state index contributed by atoms with van der Waals surface area (Å²) in [7, 11) is 0. The average molecular weight is 368 g/mol. The van der Waals surface area contributed by atoms with Crippen LogP contribution in [0.15, 0.2) is 42.6 Å². The third-order valence-electron chi connectivity index (χ3n) is 4.08. The van der Waals surface area contributed by atoms with Crippen molar-refractivity contribution < 1.29 is 14.3 Å². The molecule has 0 saturated carbocycles. The molecule has 5 nitrogen and oxygen atoms in total. The molecular formula is C22H28N2O3. The highest BCUT2D eigenvalue weighted by molar-refractivity contribution is 5.97. The molecule has 2 aromatic rings. The van der Waals surface area contributed by atoms with Gasteiger partial charge in [-0.2, -0.15) is 0 Å². The molecule has 0 aliphatic rings. The highest BCUT2D eigenvalue weighted by Crippen LogP contribution is 2.12. The van der Waals surface area contributed by atoms with Gasteiger partial charge < -0.3 is 10.1 Å². The fourth-order valence-corrected chi connectivity index (χ4v) is 2.75. The summed E-state index contributed by atoms with van der Waals surface area (Å²) in [5.41, 5.74) is 2.79. The Balaban J connectivity index is 1.77. The standard InChI is InChI=1S/C22H28N2O3/c1-4-27-22-14-18(11-12-23-22)15-24-21(26)10-9-20(25)19-7-5-17(6-8-19)13-16(2)3/h5-8,11-12,14,16H,4,9-10,13,15H2,1-3H3,(H,24,26). The highest BCUT2D eigenvalue weighted by Gasteiger charge is 2.10. The highest BCUT2D eigenvalue weighted by atomic mass is 16.5. The number of carbonyl (C=O) groups is 2. The number of nitrogens with one attached hydrogen (secondary N) is 1. The quantitative estimate of drug-likeness (QED) is 0.645. The lowest BCUT2D eigenvalue weighted by Crippen LogP contribution is -2.23. The van der Waals surface area contributed by atoms with Gasteiger partial charge in [0.25, 0.3) is 0 Å². The molecule has 0 saturated heterocycles. The Kier molecular flexibility index (Phi) is 7.99. The molecule has 1 aromatic carbocycles. The Hall–Kier alpha value is -2.69. The van der Waals surface area contributed by atoms with Crippen LogP contribution in [0.4, 0.5) is 0 Å². The molecule has 144 valence electrons. The van der Waals surface area contributed by atoms with E-state index < -0.39 is 0 Å². The molecular weight excluding hydrogens is 340 g/mol. The monoisotopic (exact) mass is 368 g/mol. The zero-order valence-electron chi connectivity index (χ0n) is 16.3. The summed E-state index contributed by atoms with van der Waals surface area (Å²) in [6.07, 6.45) is 3.03. The third-order valence-corrected chi connectivity index (χ3v) is 4.08. The maximum absolute atomic E-state index is 12.3. The van der Waals surface area contributed by atoms with Gasteiger partial charge in [-0.1, -0.05) is 38.1 Å². The third kappa shape index (κ3) is 7.21. The summed E-state index contributed by atoms with van der Waals surface area (Å²) in [6, 6.07) is 11.3. The Bertz CT molecular complexity index is 754. The first-order valence-electron chi connectivity index (χ1n) is 9.44. The second-order valence-corrected chi connectivity index (χ2v) is 6.93. The number of ether oxygens (including phenoxy) is 1. The van der Waals surface area contributed by atoms with E-state index in [1.807, 2.05) is 37.3 Å². The first-order valence-corrected chi connectivity index (χ1v) is 9.44. The smallest absolute Gasteiger partial charge is 0.220 e. The molecule has 0 bridgehead atoms. The number of hydrogen-bond donors (Lipinski definition) is 1. The molecule has 1 amide bonds. The van der Waals surface area contributed by atoms with Crippen molar-refractivity contribution in [3.8, 4) is 5.88 Å². The predicted molar refractivity (Wildman–Crippen MR) is 106 cm³/mol. The van der Waals surface area contributed by atoms with E-state index in [4.69, 9.17) is 4.74 Å². The molecule has 1 heterocycles. The number of rotatable bonds is 10. The molecule has 0 spiro atoms. The van der Waals surface area contributed by atoms with E-state index in [9.17, 15) is 9.59 Å². The summed E-state index contributed by atoms with van der Waals surface area (Å²) in [6.45, 7) is 7.16. The summed E-state index contributed by atoms with van der Waals surface area (Å²) in [5.74, 6) is 0.971. The van der Waals surface area contributed by atoms with Gasteiger partial charge in [0.2, 0.25) is 11.8 Å². The molecule has 0 fully saturated rings. The summed E-state index contributed by atoms with van der Waals surface area (Å²) < 4.78 is 5.34. The maximum atomic E-state index is 12.3. The van der Waals surface area contributed by atoms with E-state index in [0.717, 1.165) is 12.0 Å². The zero-order chi connectivity index (χ0) is 19.6. The summed E-state index contributed by atoms with van der Waals surface area (Å²) >= 11 is 0. The maximum Gasteiger partial charge on any atom is 0.220 e. The van der Waals surface area contributed by atoms with E-state index in [1.54, 1.807) is 12.3 Å². The topological polar surface area (TPSA) is 68.3 Å². The van der Waals surface area contributed by atoms with Gasteiger partial charge >= 0.3 is 0 Å². The van der Waals surface area contributed by atoms with Crippen LogP contribution in [0.1, 0.15) is 55.1 Å². The first-order chi connectivity index (χ1) is 13.0. The number of benzene rings is 1. The largest absolute Gasteiger partial charge is 0.478 e. The van der Waals surface area contributed by atoms with Crippen molar-refractivity contribution in [3.63, 3.8) is 0 Å². The predicted octanol–water partition coefficient (Wildman–Crippen LogP) is 3.96. The van der Waals surface area contributed by atoms with Gasteiger partial charge in [-0.05, 0) is 36.5 Å². The minimum absolute atomic E-state index is 0.0104. The molecule has 0 aliphatic carbocycles. The zero-order valence-corrected chi connectivity index (χ0v) is 16.3. The Morgan fingerprint density at radius 1 is 1.07 bits per heavy atom. The van der Waals surface area contributed by atoms with E-state index in [-0.39, 0.29) is 24.5 Å². The van der Waals surface area contributed by atoms with Crippen LogP contribution >= 0.6 is 0 Å². The number of ketones is 1. The van der Waals surface area contributed by atoms with Crippen molar-refractivity contribution in [2.24, 2.45) is 5.92 Å². The number of amides is 1. The van der Waals surface area contributed by atoms with E-state index in [1.165, 1.54) is 5.56 Å². The molecule has 0 aliphatic heterocycles. The molecule has 0 atom stereocenters. The Morgan fingerprint density at radius 3 is 2.48 bits per heavy atom. The normalized spacial score (nSPS) is 10.7. The number of nitrogens with zero attached hydrogens (tertiary/aromatic N) is 1. The Morgan fingerprint density at radius 2 is 1.81 bits per heavy atom.